The van der Waals surface area contributed by atoms with Gasteiger partial charge in [-0.3, -0.25) is 9.38 Å². The van der Waals surface area contributed by atoms with E-state index in [2.05, 4.69) is 81.0 Å². The molecule has 0 amide bonds. The molecule has 0 spiro atoms. The Morgan fingerprint density at radius 2 is 1.56 bits per heavy atom. The second kappa shape index (κ2) is 9.08. The molecule has 2 aromatic carbocycles. The van der Waals surface area contributed by atoms with Crippen molar-refractivity contribution in [1.82, 2.24) is 24.5 Å². The topological polar surface area (TPSA) is 55.5 Å². The zero-order valence-corrected chi connectivity index (χ0v) is 20.2. The third-order valence-electron chi connectivity index (χ3n) is 7.98. The Morgan fingerprint density at radius 3 is 2.29 bits per heavy atom. The molecule has 1 aliphatic heterocycles. The first-order valence-electron chi connectivity index (χ1n) is 12.7. The van der Waals surface area contributed by atoms with Crippen molar-refractivity contribution in [1.29, 1.82) is 0 Å². The molecule has 2 aliphatic rings. The van der Waals surface area contributed by atoms with Crippen LogP contribution in [0.15, 0.2) is 48.7 Å². The van der Waals surface area contributed by atoms with Crippen LogP contribution in [0.5, 0.6) is 0 Å². The molecule has 1 saturated carbocycles. The molecule has 2 aromatic heterocycles. The predicted molar refractivity (Wildman–Crippen MR) is 135 cm³/mol. The van der Waals surface area contributed by atoms with Gasteiger partial charge in [0, 0.05) is 25.2 Å². The van der Waals surface area contributed by atoms with E-state index in [1.807, 2.05) is 6.20 Å². The lowest BCUT2D eigenvalue weighted by molar-refractivity contribution is 0.0834. The summed E-state index contributed by atoms with van der Waals surface area (Å²) in [6, 6.07) is 16.5. The van der Waals surface area contributed by atoms with Gasteiger partial charge in [0.1, 0.15) is 5.82 Å². The Kier molecular flexibility index (Phi) is 5.79. The SMILES string of the molecule is CN(C)C1CCC(c2ccc(-c3ccc4ncc5nnc(C6CCOCC6)n5c4c3)cc2)CC1. The van der Waals surface area contributed by atoms with E-state index in [1.54, 1.807) is 0 Å². The van der Waals surface area contributed by atoms with Gasteiger partial charge >= 0.3 is 0 Å². The standard InChI is InChI=1S/C28H33N5O/c1-32(2)24-10-7-20(8-11-24)19-3-5-21(6-4-19)23-9-12-25-26(17-23)33-27(18-29-25)30-31-28(33)22-13-15-34-16-14-22/h3-6,9,12,17-18,20,22,24H,7-8,10-11,13-16H2,1-2H3. The molecular formula is C28H33N5O. The van der Waals surface area contributed by atoms with Crippen molar-refractivity contribution >= 4 is 16.7 Å². The number of rotatable bonds is 4. The zero-order valence-electron chi connectivity index (χ0n) is 20.2. The van der Waals surface area contributed by atoms with E-state index in [9.17, 15) is 0 Å². The lowest BCUT2D eigenvalue weighted by Gasteiger charge is -2.32. The minimum absolute atomic E-state index is 0.375. The number of ether oxygens (including phenoxy) is 1. The van der Waals surface area contributed by atoms with Crippen LogP contribution in [-0.2, 0) is 4.74 Å². The average Bonchev–Trinajstić information content (AvgIpc) is 3.34. The Morgan fingerprint density at radius 1 is 0.824 bits per heavy atom. The molecule has 0 unspecified atom stereocenters. The van der Waals surface area contributed by atoms with E-state index in [-0.39, 0.29) is 0 Å². The Balaban J connectivity index is 1.31. The summed E-state index contributed by atoms with van der Waals surface area (Å²) in [4.78, 5) is 7.03. The van der Waals surface area contributed by atoms with Gasteiger partial charge in [-0.1, -0.05) is 30.3 Å². The molecule has 34 heavy (non-hydrogen) atoms. The summed E-state index contributed by atoms with van der Waals surface area (Å²) in [7, 11) is 4.41. The van der Waals surface area contributed by atoms with Crippen LogP contribution in [0.25, 0.3) is 27.8 Å². The third kappa shape index (κ3) is 3.99. The van der Waals surface area contributed by atoms with E-state index in [0.717, 1.165) is 54.6 Å². The molecule has 2 fully saturated rings. The fourth-order valence-corrected chi connectivity index (χ4v) is 5.85. The van der Waals surface area contributed by atoms with Gasteiger partial charge in [0.2, 0.25) is 0 Å². The number of nitrogens with zero attached hydrogens (tertiary/aromatic N) is 5. The zero-order chi connectivity index (χ0) is 23.1. The van der Waals surface area contributed by atoms with Crippen LogP contribution >= 0.6 is 0 Å². The molecule has 3 heterocycles. The van der Waals surface area contributed by atoms with Crippen molar-refractivity contribution < 1.29 is 4.74 Å². The third-order valence-corrected chi connectivity index (χ3v) is 7.98. The molecule has 1 saturated heterocycles. The fourth-order valence-electron chi connectivity index (χ4n) is 5.85. The summed E-state index contributed by atoms with van der Waals surface area (Å²) in [6.45, 7) is 1.58. The number of aromatic nitrogens is 4. The lowest BCUT2D eigenvalue weighted by Crippen LogP contribution is -2.31. The van der Waals surface area contributed by atoms with Crippen LogP contribution in [0.1, 0.15) is 61.7 Å². The van der Waals surface area contributed by atoms with Crippen LogP contribution in [-0.4, -0.2) is 57.8 Å². The maximum atomic E-state index is 5.57. The van der Waals surface area contributed by atoms with E-state index < -0.39 is 0 Å². The first-order valence-corrected chi connectivity index (χ1v) is 12.7. The van der Waals surface area contributed by atoms with Crippen molar-refractivity contribution in [2.45, 2.75) is 56.4 Å². The van der Waals surface area contributed by atoms with Gasteiger partial charge in [0.25, 0.3) is 0 Å². The average molecular weight is 456 g/mol. The molecule has 176 valence electrons. The molecule has 1 aliphatic carbocycles. The summed E-state index contributed by atoms with van der Waals surface area (Å²) >= 11 is 0. The lowest BCUT2D eigenvalue weighted by atomic mass is 9.81. The van der Waals surface area contributed by atoms with Gasteiger partial charge in [-0.15, -0.1) is 10.2 Å². The second-order valence-electron chi connectivity index (χ2n) is 10.2. The van der Waals surface area contributed by atoms with Crippen LogP contribution in [0.2, 0.25) is 0 Å². The van der Waals surface area contributed by atoms with Gasteiger partial charge in [-0.25, -0.2) is 0 Å². The Labute approximate surface area is 201 Å². The highest BCUT2D eigenvalue weighted by Crippen LogP contribution is 2.35. The predicted octanol–water partition coefficient (Wildman–Crippen LogP) is 5.43. The highest BCUT2D eigenvalue weighted by molar-refractivity contribution is 5.83. The van der Waals surface area contributed by atoms with Gasteiger partial charge in [0.15, 0.2) is 5.65 Å². The second-order valence-corrected chi connectivity index (χ2v) is 10.2. The first-order chi connectivity index (χ1) is 16.7. The van der Waals surface area contributed by atoms with Gasteiger partial charge in [0.05, 0.1) is 17.2 Å². The minimum Gasteiger partial charge on any atom is -0.381 e. The van der Waals surface area contributed by atoms with Crippen molar-refractivity contribution in [2.24, 2.45) is 0 Å². The fraction of sp³-hybridized carbons (Fsp3) is 0.464. The molecule has 0 atom stereocenters. The van der Waals surface area contributed by atoms with Crippen molar-refractivity contribution in [3.8, 4) is 11.1 Å². The molecular weight excluding hydrogens is 422 g/mol. The van der Waals surface area contributed by atoms with Crippen LogP contribution in [0, 0.1) is 0 Å². The summed E-state index contributed by atoms with van der Waals surface area (Å²) in [5, 5.41) is 9.00. The summed E-state index contributed by atoms with van der Waals surface area (Å²) < 4.78 is 7.78. The highest BCUT2D eigenvalue weighted by atomic mass is 16.5. The van der Waals surface area contributed by atoms with Crippen molar-refractivity contribution in [3.63, 3.8) is 0 Å². The van der Waals surface area contributed by atoms with Crippen LogP contribution in [0.4, 0.5) is 0 Å². The summed E-state index contributed by atoms with van der Waals surface area (Å²) in [6.07, 6.45) is 8.96. The van der Waals surface area contributed by atoms with Gasteiger partial charge in [-0.05, 0) is 87.4 Å². The molecule has 6 heteroatoms. The van der Waals surface area contributed by atoms with E-state index in [1.165, 1.54) is 42.4 Å². The van der Waals surface area contributed by atoms with E-state index in [0.29, 0.717) is 11.8 Å². The normalized spacial score (nSPS) is 22.1. The molecule has 6 nitrogen and oxygen atoms in total. The maximum Gasteiger partial charge on any atom is 0.179 e. The van der Waals surface area contributed by atoms with Crippen LogP contribution < -0.4 is 0 Å². The molecule has 4 aromatic rings. The molecule has 0 N–H and O–H groups in total. The number of hydrogen-bond donors (Lipinski definition) is 0. The van der Waals surface area contributed by atoms with Gasteiger partial charge in [-0.2, -0.15) is 0 Å². The monoisotopic (exact) mass is 455 g/mol. The highest BCUT2D eigenvalue weighted by Gasteiger charge is 2.24. The molecule has 0 bridgehead atoms. The number of benzene rings is 2. The van der Waals surface area contributed by atoms with E-state index >= 15 is 0 Å². The number of fused-ring (bicyclic) bond motifs is 3. The van der Waals surface area contributed by atoms with Crippen molar-refractivity contribution in [2.75, 3.05) is 27.3 Å². The maximum absolute atomic E-state index is 5.57. The molecule has 0 radical (unpaired) electrons. The van der Waals surface area contributed by atoms with Crippen LogP contribution in [0.3, 0.4) is 0 Å². The smallest absolute Gasteiger partial charge is 0.179 e. The van der Waals surface area contributed by atoms with E-state index in [4.69, 9.17) is 4.74 Å². The Bertz CT molecular complexity index is 1280. The van der Waals surface area contributed by atoms with Gasteiger partial charge < -0.3 is 9.64 Å². The largest absolute Gasteiger partial charge is 0.381 e. The summed E-state index contributed by atoms with van der Waals surface area (Å²) in [5.74, 6) is 2.09. The quantitative estimate of drug-likeness (QED) is 0.411. The van der Waals surface area contributed by atoms with Crippen molar-refractivity contribution in [3.05, 3.63) is 60.0 Å². The summed E-state index contributed by atoms with van der Waals surface area (Å²) in [5.41, 5.74) is 6.79. The number of hydrogen-bond acceptors (Lipinski definition) is 5. The minimum atomic E-state index is 0.375. The molecule has 6 rings (SSSR count). The first kappa shape index (κ1) is 21.7. The Hall–Kier alpha value is -2.83.